The first-order chi connectivity index (χ1) is 9.37. The van der Waals surface area contributed by atoms with Crippen molar-refractivity contribution in [1.29, 1.82) is 0 Å². The summed E-state index contributed by atoms with van der Waals surface area (Å²) in [5.74, 6) is 0.425. The van der Waals surface area contributed by atoms with Crippen molar-refractivity contribution in [3.8, 4) is 0 Å². The van der Waals surface area contributed by atoms with E-state index in [1.54, 1.807) is 5.57 Å². The van der Waals surface area contributed by atoms with E-state index < -0.39 is 0 Å². The second-order valence-corrected chi connectivity index (χ2v) is 7.37. The minimum atomic E-state index is -0.215. The van der Waals surface area contributed by atoms with Gasteiger partial charge in [-0.15, -0.1) is 0 Å². The molecular weight excluding hydrogens is 247 g/mol. The molecule has 1 saturated heterocycles. The average molecular weight is 278 g/mol. The van der Waals surface area contributed by atoms with Crippen LogP contribution >= 0.6 is 0 Å². The van der Waals surface area contributed by atoms with E-state index >= 15 is 0 Å². The maximum atomic E-state index is 6.28. The lowest BCUT2D eigenvalue weighted by Crippen LogP contribution is -2.41. The summed E-state index contributed by atoms with van der Waals surface area (Å²) >= 11 is 0. The first-order valence-corrected chi connectivity index (χ1v) is 8.42. The molecular formula is C17H31BO2. The summed E-state index contributed by atoms with van der Waals surface area (Å²) in [4.78, 5) is 0. The van der Waals surface area contributed by atoms with Gasteiger partial charge in [0.2, 0.25) is 0 Å². The maximum absolute atomic E-state index is 6.28. The first kappa shape index (κ1) is 16.1. The van der Waals surface area contributed by atoms with Crippen LogP contribution in [0.15, 0.2) is 11.6 Å². The highest BCUT2D eigenvalue weighted by Crippen LogP contribution is 2.44. The highest BCUT2D eigenvalue weighted by molar-refractivity contribution is 6.48. The maximum Gasteiger partial charge on any atom is 0.465 e. The van der Waals surface area contributed by atoms with Crippen molar-refractivity contribution in [2.75, 3.05) is 0 Å². The van der Waals surface area contributed by atoms with Crippen LogP contribution in [-0.2, 0) is 9.31 Å². The van der Waals surface area contributed by atoms with Crippen LogP contribution in [0.2, 0.25) is 5.82 Å². The summed E-state index contributed by atoms with van der Waals surface area (Å²) in [6, 6.07) is 0. The normalized spacial score (nSPS) is 30.2. The van der Waals surface area contributed by atoms with Gasteiger partial charge in [0.1, 0.15) is 0 Å². The summed E-state index contributed by atoms with van der Waals surface area (Å²) in [5, 5.41) is 0. The van der Waals surface area contributed by atoms with Crippen LogP contribution in [-0.4, -0.2) is 18.3 Å². The van der Waals surface area contributed by atoms with E-state index in [0.717, 1.165) is 6.42 Å². The largest absolute Gasteiger partial charge is 0.465 e. The molecule has 0 aromatic heterocycles. The Balaban J connectivity index is 2.12. The molecule has 20 heavy (non-hydrogen) atoms. The van der Waals surface area contributed by atoms with E-state index in [0.29, 0.717) is 5.82 Å². The van der Waals surface area contributed by atoms with Crippen molar-refractivity contribution < 1.29 is 9.31 Å². The lowest BCUT2D eigenvalue weighted by molar-refractivity contribution is 0.00578. The summed E-state index contributed by atoms with van der Waals surface area (Å²) in [5.41, 5.74) is 1.14. The molecule has 1 atom stereocenters. The molecule has 1 aliphatic heterocycles. The molecule has 0 spiro atoms. The molecule has 1 fully saturated rings. The van der Waals surface area contributed by atoms with E-state index in [1.165, 1.54) is 38.5 Å². The van der Waals surface area contributed by atoms with Crippen LogP contribution in [0.4, 0.5) is 0 Å². The summed E-state index contributed by atoms with van der Waals surface area (Å²) in [6.07, 6.45) is 11.4. The van der Waals surface area contributed by atoms with Gasteiger partial charge >= 0.3 is 7.12 Å². The van der Waals surface area contributed by atoms with E-state index in [-0.39, 0.29) is 18.3 Å². The Bertz CT molecular complexity index is 344. The fourth-order valence-electron chi connectivity index (χ4n) is 3.24. The van der Waals surface area contributed by atoms with Crippen molar-refractivity contribution in [1.82, 2.24) is 0 Å². The Kier molecular flexibility index (Phi) is 5.02. The van der Waals surface area contributed by atoms with Crippen molar-refractivity contribution in [3.63, 3.8) is 0 Å². The molecule has 0 aromatic carbocycles. The Morgan fingerprint density at radius 2 is 1.65 bits per heavy atom. The summed E-state index contributed by atoms with van der Waals surface area (Å²) in [6.45, 7) is 10.8. The Morgan fingerprint density at radius 3 is 2.25 bits per heavy atom. The molecule has 2 nitrogen and oxygen atoms in total. The third kappa shape index (κ3) is 3.31. The van der Waals surface area contributed by atoms with Crippen molar-refractivity contribution in [3.05, 3.63) is 11.6 Å². The molecule has 3 heteroatoms. The van der Waals surface area contributed by atoms with Gasteiger partial charge in [0, 0.05) is 5.82 Å². The molecule has 0 N–H and O–H groups in total. The third-order valence-electron chi connectivity index (χ3n) is 5.34. The fourth-order valence-corrected chi connectivity index (χ4v) is 3.24. The molecule has 114 valence electrons. The zero-order valence-electron chi connectivity index (χ0n) is 14.0. The molecule has 0 bridgehead atoms. The molecule has 2 rings (SSSR count). The monoisotopic (exact) mass is 278 g/mol. The van der Waals surface area contributed by atoms with Crippen molar-refractivity contribution in [2.24, 2.45) is 0 Å². The van der Waals surface area contributed by atoms with Gasteiger partial charge in [0.05, 0.1) is 11.2 Å². The molecule has 0 aromatic rings. The molecule has 1 heterocycles. The Hall–Kier alpha value is -0.275. The van der Waals surface area contributed by atoms with Crippen LogP contribution < -0.4 is 0 Å². The van der Waals surface area contributed by atoms with Gasteiger partial charge in [0.25, 0.3) is 0 Å². The smallest absolute Gasteiger partial charge is 0.403 e. The van der Waals surface area contributed by atoms with Crippen LogP contribution in [0.5, 0.6) is 0 Å². The SMILES string of the molecule is CC[C@@H](B1OC(C)(C)C(C)(C)O1)/C1=C/CCCCCC1. The predicted molar refractivity (Wildman–Crippen MR) is 85.9 cm³/mol. The van der Waals surface area contributed by atoms with Gasteiger partial charge in [-0.05, 0) is 53.4 Å². The van der Waals surface area contributed by atoms with Crippen LogP contribution in [0, 0.1) is 0 Å². The zero-order valence-corrected chi connectivity index (χ0v) is 14.0. The van der Waals surface area contributed by atoms with Crippen molar-refractivity contribution in [2.45, 2.75) is 96.6 Å². The molecule has 0 amide bonds. The lowest BCUT2D eigenvalue weighted by Gasteiger charge is -2.32. The molecule has 1 aliphatic carbocycles. The predicted octanol–water partition coefficient (Wildman–Crippen LogP) is 5.14. The van der Waals surface area contributed by atoms with Gasteiger partial charge in [-0.2, -0.15) is 0 Å². The highest BCUT2D eigenvalue weighted by atomic mass is 16.7. The van der Waals surface area contributed by atoms with Gasteiger partial charge in [-0.1, -0.05) is 37.8 Å². The third-order valence-corrected chi connectivity index (χ3v) is 5.34. The summed E-state index contributed by atoms with van der Waals surface area (Å²) in [7, 11) is -0.0734. The summed E-state index contributed by atoms with van der Waals surface area (Å²) < 4.78 is 12.6. The standard InChI is InChI=1S/C17H31BO2/c1-6-15(14-12-10-8-7-9-11-13-14)18-19-16(2,3)17(4,5)20-18/h12,15H,6-11,13H2,1-5H3/b14-12+/t15-/m1/s1. The van der Waals surface area contributed by atoms with Gasteiger partial charge in [-0.3, -0.25) is 0 Å². The quantitative estimate of drug-likeness (QED) is 0.525. The minimum absolute atomic E-state index is 0.0734. The van der Waals surface area contributed by atoms with Crippen molar-refractivity contribution >= 4 is 7.12 Å². The van der Waals surface area contributed by atoms with E-state index in [1.807, 2.05) is 0 Å². The van der Waals surface area contributed by atoms with E-state index in [4.69, 9.17) is 9.31 Å². The van der Waals surface area contributed by atoms with Gasteiger partial charge < -0.3 is 9.31 Å². The van der Waals surface area contributed by atoms with E-state index in [9.17, 15) is 0 Å². The van der Waals surface area contributed by atoms with Crippen LogP contribution in [0.25, 0.3) is 0 Å². The first-order valence-electron chi connectivity index (χ1n) is 8.42. The number of rotatable bonds is 3. The van der Waals surface area contributed by atoms with Crippen LogP contribution in [0.1, 0.15) is 79.6 Å². The average Bonchev–Trinajstić information content (AvgIpc) is 2.51. The fraction of sp³-hybridized carbons (Fsp3) is 0.882. The molecule has 0 saturated carbocycles. The number of allylic oxidation sites excluding steroid dienone is 2. The van der Waals surface area contributed by atoms with Crippen LogP contribution in [0.3, 0.4) is 0 Å². The van der Waals surface area contributed by atoms with Gasteiger partial charge in [-0.25, -0.2) is 0 Å². The molecule has 0 radical (unpaired) electrons. The molecule has 0 unspecified atom stereocenters. The second kappa shape index (κ2) is 6.23. The zero-order chi connectivity index (χ0) is 14.8. The number of hydrogen-bond donors (Lipinski definition) is 0. The lowest BCUT2D eigenvalue weighted by atomic mass is 9.64. The minimum Gasteiger partial charge on any atom is -0.403 e. The molecule has 2 aliphatic rings. The van der Waals surface area contributed by atoms with E-state index in [2.05, 4.69) is 40.7 Å². The highest BCUT2D eigenvalue weighted by Gasteiger charge is 2.53. The number of hydrogen-bond acceptors (Lipinski definition) is 2. The van der Waals surface area contributed by atoms with Gasteiger partial charge in [0.15, 0.2) is 0 Å². The second-order valence-electron chi connectivity index (χ2n) is 7.37. The Morgan fingerprint density at radius 1 is 1.05 bits per heavy atom. The Labute approximate surface area is 125 Å². The topological polar surface area (TPSA) is 18.5 Å².